The van der Waals surface area contributed by atoms with Gasteiger partial charge in [0.25, 0.3) is 0 Å². The summed E-state index contributed by atoms with van der Waals surface area (Å²) in [5.74, 6) is 0.385. The van der Waals surface area contributed by atoms with E-state index in [0.29, 0.717) is 12.5 Å². The number of carboxylic acid groups (broad SMARTS) is 1. The Morgan fingerprint density at radius 2 is 2.20 bits per heavy atom. The van der Waals surface area contributed by atoms with Gasteiger partial charge in [0.2, 0.25) is 0 Å². The molecule has 1 N–H and O–H groups in total. The van der Waals surface area contributed by atoms with Crippen LogP contribution in [0.2, 0.25) is 0 Å². The molecule has 0 bridgehead atoms. The van der Waals surface area contributed by atoms with Crippen LogP contribution in [0.5, 0.6) is 0 Å². The van der Waals surface area contributed by atoms with Crippen LogP contribution in [0.15, 0.2) is 22.7 Å². The van der Waals surface area contributed by atoms with Gasteiger partial charge in [-0.2, -0.15) is 0 Å². The van der Waals surface area contributed by atoms with E-state index in [4.69, 9.17) is 10.1 Å². The van der Waals surface area contributed by atoms with Crippen molar-refractivity contribution in [2.24, 2.45) is 0 Å². The van der Waals surface area contributed by atoms with Crippen molar-refractivity contribution in [1.82, 2.24) is 9.55 Å². The summed E-state index contributed by atoms with van der Waals surface area (Å²) in [4.78, 5) is 15.3. The molecule has 1 aromatic carbocycles. The highest BCUT2D eigenvalue weighted by Crippen LogP contribution is 2.39. The Hall–Kier alpha value is -1.36. The number of imidazole rings is 1. The molecule has 0 unspecified atom stereocenters. The monoisotopic (exact) mass is 336 g/mol. The molecule has 20 heavy (non-hydrogen) atoms. The van der Waals surface area contributed by atoms with Gasteiger partial charge in [-0.25, -0.2) is 4.98 Å². The highest BCUT2D eigenvalue weighted by Gasteiger charge is 2.27. The molecule has 0 spiro atoms. The summed E-state index contributed by atoms with van der Waals surface area (Å²) < 4.78 is 3.39. The Kier molecular flexibility index (Phi) is 3.78. The Labute approximate surface area is 125 Å². The number of unbranched alkanes of at least 4 members (excludes halogenated alkanes) is 1. The van der Waals surface area contributed by atoms with Gasteiger partial charge in [-0.1, -0.05) is 15.9 Å². The Balaban J connectivity index is 1.82. The van der Waals surface area contributed by atoms with Crippen molar-refractivity contribution < 1.29 is 9.90 Å². The van der Waals surface area contributed by atoms with E-state index in [9.17, 15) is 4.79 Å². The molecule has 1 aromatic heterocycles. The number of hydrogen-bond donors (Lipinski definition) is 1. The van der Waals surface area contributed by atoms with Crippen LogP contribution in [-0.2, 0) is 11.2 Å². The van der Waals surface area contributed by atoms with Gasteiger partial charge >= 0.3 is 5.97 Å². The predicted octanol–water partition coefficient (Wildman–Crippen LogP) is 3.93. The van der Waals surface area contributed by atoms with Crippen molar-refractivity contribution in [3.05, 3.63) is 28.5 Å². The molecule has 1 aliphatic rings. The topological polar surface area (TPSA) is 55.1 Å². The van der Waals surface area contributed by atoms with Crippen LogP contribution in [0, 0.1) is 0 Å². The van der Waals surface area contributed by atoms with Gasteiger partial charge in [0.05, 0.1) is 11.0 Å². The number of aromatic nitrogens is 2. The predicted molar refractivity (Wildman–Crippen MR) is 80.9 cm³/mol. The van der Waals surface area contributed by atoms with E-state index in [1.54, 1.807) is 0 Å². The maximum atomic E-state index is 10.5. The highest BCUT2D eigenvalue weighted by atomic mass is 79.9. The fourth-order valence-corrected chi connectivity index (χ4v) is 2.95. The Morgan fingerprint density at radius 1 is 1.40 bits per heavy atom. The maximum Gasteiger partial charge on any atom is 0.303 e. The van der Waals surface area contributed by atoms with Crippen molar-refractivity contribution in [3.63, 3.8) is 0 Å². The van der Waals surface area contributed by atoms with Gasteiger partial charge in [-0.05, 0) is 43.9 Å². The van der Waals surface area contributed by atoms with Gasteiger partial charge in [0.15, 0.2) is 0 Å². The number of nitrogens with zero attached hydrogens (tertiary/aromatic N) is 2. The third-order valence-corrected chi connectivity index (χ3v) is 4.17. The average molecular weight is 337 g/mol. The Bertz CT molecular complexity index is 647. The number of carboxylic acids is 1. The number of fused-ring (bicyclic) bond motifs is 1. The molecule has 1 saturated carbocycles. The van der Waals surface area contributed by atoms with Crippen molar-refractivity contribution >= 4 is 32.9 Å². The highest BCUT2D eigenvalue weighted by molar-refractivity contribution is 9.10. The molecule has 2 aromatic rings. The zero-order valence-corrected chi connectivity index (χ0v) is 12.8. The summed E-state index contributed by atoms with van der Waals surface area (Å²) >= 11 is 3.48. The first-order valence-electron chi connectivity index (χ1n) is 7.03. The second-order valence-electron chi connectivity index (χ2n) is 5.36. The van der Waals surface area contributed by atoms with Gasteiger partial charge in [-0.15, -0.1) is 0 Å². The second-order valence-corrected chi connectivity index (χ2v) is 6.28. The SMILES string of the molecule is O=C(O)CCCCc1nc2cc(Br)ccc2n1C1CC1. The molecule has 4 nitrogen and oxygen atoms in total. The van der Waals surface area contributed by atoms with Crippen molar-refractivity contribution in [2.75, 3.05) is 0 Å². The number of aliphatic carboxylic acids is 1. The lowest BCUT2D eigenvalue weighted by Gasteiger charge is -2.07. The number of hydrogen-bond acceptors (Lipinski definition) is 2. The number of rotatable bonds is 6. The molecule has 106 valence electrons. The minimum absolute atomic E-state index is 0.245. The molecule has 0 amide bonds. The summed E-state index contributed by atoms with van der Waals surface area (Å²) in [5.41, 5.74) is 2.23. The fourth-order valence-electron chi connectivity index (χ4n) is 2.60. The van der Waals surface area contributed by atoms with E-state index in [1.807, 2.05) is 0 Å². The minimum atomic E-state index is -0.718. The number of aryl methyl sites for hydroxylation is 1. The number of benzene rings is 1. The summed E-state index contributed by atoms with van der Waals surface area (Å²) in [6, 6.07) is 6.81. The van der Waals surface area contributed by atoms with Gasteiger partial charge in [-0.3, -0.25) is 4.79 Å². The van der Waals surface area contributed by atoms with E-state index >= 15 is 0 Å². The quantitative estimate of drug-likeness (QED) is 0.813. The third-order valence-electron chi connectivity index (χ3n) is 3.68. The summed E-state index contributed by atoms with van der Waals surface area (Å²) in [5, 5.41) is 8.68. The molecule has 0 atom stereocenters. The largest absolute Gasteiger partial charge is 0.481 e. The smallest absolute Gasteiger partial charge is 0.303 e. The standard InChI is InChI=1S/C15H17BrN2O2/c16-10-5-8-13-12(9-10)17-14(18(13)11-6-7-11)3-1-2-4-15(19)20/h5,8-9,11H,1-4,6-7H2,(H,19,20). The lowest BCUT2D eigenvalue weighted by atomic mass is 10.2. The fraction of sp³-hybridized carbons (Fsp3) is 0.467. The minimum Gasteiger partial charge on any atom is -0.481 e. The van der Waals surface area contributed by atoms with E-state index in [0.717, 1.165) is 28.7 Å². The van der Waals surface area contributed by atoms with Crippen LogP contribution in [0.4, 0.5) is 0 Å². The van der Waals surface area contributed by atoms with E-state index < -0.39 is 5.97 Å². The van der Waals surface area contributed by atoms with Crippen LogP contribution < -0.4 is 0 Å². The van der Waals surface area contributed by atoms with Gasteiger partial charge < -0.3 is 9.67 Å². The van der Waals surface area contributed by atoms with Crippen LogP contribution in [0.1, 0.15) is 44.0 Å². The van der Waals surface area contributed by atoms with Gasteiger partial charge in [0, 0.05) is 23.4 Å². The van der Waals surface area contributed by atoms with Gasteiger partial charge in [0.1, 0.15) is 5.82 Å². The zero-order valence-electron chi connectivity index (χ0n) is 11.2. The summed E-state index contributed by atoms with van der Waals surface area (Å²) in [6.45, 7) is 0. The normalized spacial score (nSPS) is 14.8. The molecule has 1 heterocycles. The molecule has 0 saturated heterocycles. The molecular weight excluding hydrogens is 320 g/mol. The van der Waals surface area contributed by atoms with Crippen molar-refractivity contribution in [2.45, 2.75) is 44.6 Å². The molecule has 5 heteroatoms. The summed E-state index contributed by atoms with van der Waals surface area (Å²) in [6.07, 6.45) is 5.15. The van der Waals surface area contributed by atoms with Crippen LogP contribution in [0.3, 0.4) is 0 Å². The first kappa shape index (κ1) is 13.6. The van der Waals surface area contributed by atoms with Crippen molar-refractivity contribution in [3.8, 4) is 0 Å². The van der Waals surface area contributed by atoms with E-state index in [-0.39, 0.29) is 6.42 Å². The lowest BCUT2D eigenvalue weighted by Crippen LogP contribution is -2.02. The molecule has 1 fully saturated rings. The summed E-state index contributed by atoms with van der Waals surface area (Å²) in [7, 11) is 0. The maximum absolute atomic E-state index is 10.5. The van der Waals surface area contributed by atoms with E-state index in [2.05, 4.69) is 38.7 Å². The molecule has 0 radical (unpaired) electrons. The molecular formula is C15H17BrN2O2. The first-order valence-corrected chi connectivity index (χ1v) is 7.82. The Morgan fingerprint density at radius 3 is 2.90 bits per heavy atom. The van der Waals surface area contributed by atoms with Crippen molar-refractivity contribution in [1.29, 1.82) is 0 Å². The van der Waals surface area contributed by atoms with E-state index in [1.165, 1.54) is 18.4 Å². The van der Waals surface area contributed by atoms with Crippen LogP contribution in [0.25, 0.3) is 11.0 Å². The third kappa shape index (κ3) is 2.87. The lowest BCUT2D eigenvalue weighted by molar-refractivity contribution is -0.137. The van der Waals surface area contributed by atoms with Crippen LogP contribution >= 0.6 is 15.9 Å². The molecule has 3 rings (SSSR count). The molecule has 0 aliphatic heterocycles. The zero-order chi connectivity index (χ0) is 14.1. The second kappa shape index (κ2) is 5.56. The number of halogens is 1. The number of carbonyl (C=O) groups is 1. The average Bonchev–Trinajstić information content (AvgIpc) is 3.16. The molecule has 1 aliphatic carbocycles. The van der Waals surface area contributed by atoms with Crippen LogP contribution in [-0.4, -0.2) is 20.6 Å². The first-order chi connectivity index (χ1) is 9.65.